The lowest BCUT2D eigenvalue weighted by Gasteiger charge is -2.30. The number of fused-ring (bicyclic) bond motifs is 1. The number of halogens is 6. The fourth-order valence-electron chi connectivity index (χ4n) is 3.68. The molecule has 0 fully saturated rings. The van der Waals surface area contributed by atoms with E-state index in [1.54, 1.807) is 20.8 Å². The summed E-state index contributed by atoms with van der Waals surface area (Å²) in [6, 6.07) is 1.83. The van der Waals surface area contributed by atoms with Gasteiger partial charge in [0.15, 0.2) is 0 Å². The summed E-state index contributed by atoms with van der Waals surface area (Å²) in [6.07, 6.45) is -6.14. The number of benzene rings is 1. The molecule has 13 heteroatoms. The van der Waals surface area contributed by atoms with Gasteiger partial charge in [0.2, 0.25) is 11.7 Å². The molecule has 2 amide bonds. The fraction of sp³-hybridized carbons (Fsp3) is 0.478. The molecule has 1 aliphatic rings. The molecule has 0 saturated carbocycles. The lowest BCUT2D eigenvalue weighted by Crippen LogP contribution is -2.45. The Balaban J connectivity index is 1.79. The van der Waals surface area contributed by atoms with E-state index in [-0.39, 0.29) is 48.8 Å². The van der Waals surface area contributed by atoms with Crippen LogP contribution in [-0.2, 0) is 35.1 Å². The number of hydrogen-bond acceptors (Lipinski definition) is 5. The van der Waals surface area contributed by atoms with Gasteiger partial charge in [-0.2, -0.15) is 13.2 Å². The van der Waals surface area contributed by atoms with Crippen molar-refractivity contribution in [3.63, 3.8) is 0 Å². The van der Waals surface area contributed by atoms with E-state index in [9.17, 15) is 31.5 Å². The molecule has 0 radical (unpaired) electrons. The predicted octanol–water partition coefficient (Wildman–Crippen LogP) is 4.84. The Morgan fingerprint density at radius 1 is 1.19 bits per heavy atom. The van der Waals surface area contributed by atoms with E-state index >= 15 is 0 Å². The van der Waals surface area contributed by atoms with Crippen LogP contribution in [0.5, 0.6) is 0 Å². The van der Waals surface area contributed by atoms with Gasteiger partial charge in [-0.25, -0.2) is 23.5 Å². The van der Waals surface area contributed by atoms with Crippen LogP contribution in [0.3, 0.4) is 0 Å². The third-order valence-electron chi connectivity index (χ3n) is 5.24. The van der Waals surface area contributed by atoms with Gasteiger partial charge >= 0.3 is 12.3 Å². The summed E-state index contributed by atoms with van der Waals surface area (Å²) in [5.74, 6) is -3.37. The van der Waals surface area contributed by atoms with Crippen molar-refractivity contribution >= 4 is 23.6 Å². The van der Waals surface area contributed by atoms with E-state index < -0.39 is 47.3 Å². The van der Waals surface area contributed by atoms with Crippen molar-refractivity contribution in [2.45, 2.75) is 64.4 Å². The number of carbonyl (C=O) groups excluding carboxylic acids is 2. The van der Waals surface area contributed by atoms with Crippen molar-refractivity contribution in [3.05, 3.63) is 57.6 Å². The molecule has 36 heavy (non-hydrogen) atoms. The average Bonchev–Trinajstić information content (AvgIpc) is 2.73. The minimum atomic E-state index is -4.82. The number of carbonyl (C=O) groups is 2. The number of alkyl halides is 3. The highest BCUT2D eigenvalue weighted by Gasteiger charge is 2.37. The maximum atomic E-state index is 14.2. The molecular weight excluding hydrogens is 511 g/mol. The normalized spacial score (nSPS) is 14.8. The zero-order chi connectivity index (χ0) is 26.8. The molecule has 3 rings (SSSR count). The molecule has 0 unspecified atom stereocenters. The van der Waals surface area contributed by atoms with Gasteiger partial charge in [-0.15, -0.1) is 0 Å². The first-order chi connectivity index (χ1) is 16.6. The maximum absolute atomic E-state index is 14.2. The van der Waals surface area contributed by atoms with Crippen LogP contribution in [0.4, 0.5) is 26.7 Å². The van der Waals surface area contributed by atoms with Crippen LogP contribution >= 0.6 is 11.6 Å². The van der Waals surface area contributed by atoms with E-state index in [1.807, 2.05) is 0 Å². The largest absolute Gasteiger partial charge is 0.451 e. The smallest absolute Gasteiger partial charge is 0.444 e. The molecule has 1 aromatic heterocycles. The lowest BCUT2D eigenvalue weighted by molar-refractivity contribution is -0.145. The SMILES string of the molecule is CC(C)(C)OC(=O)N[C@@H](CC(=O)N1CCc2c(Cl)nc(C(F)(F)F)nc2C1)Cc1cc(F)ccc1F. The van der Waals surface area contributed by atoms with Gasteiger partial charge in [-0.05, 0) is 57.4 Å². The number of alkyl carbamates (subject to hydrolysis) is 1. The summed E-state index contributed by atoms with van der Waals surface area (Å²) in [5.41, 5.74) is -0.634. The topological polar surface area (TPSA) is 84.4 Å². The van der Waals surface area contributed by atoms with Gasteiger partial charge in [0.1, 0.15) is 22.4 Å². The highest BCUT2D eigenvalue weighted by molar-refractivity contribution is 6.30. The summed E-state index contributed by atoms with van der Waals surface area (Å²) >= 11 is 5.91. The lowest BCUT2D eigenvalue weighted by atomic mass is 10.0. The Kier molecular flexibility index (Phi) is 8.07. The number of aromatic nitrogens is 2. The highest BCUT2D eigenvalue weighted by Crippen LogP contribution is 2.31. The monoisotopic (exact) mass is 534 g/mol. The summed E-state index contributed by atoms with van der Waals surface area (Å²) < 4.78 is 72.4. The predicted molar refractivity (Wildman–Crippen MR) is 119 cm³/mol. The molecule has 2 aromatic rings. The average molecular weight is 535 g/mol. The van der Waals surface area contributed by atoms with Gasteiger partial charge in [0.25, 0.3) is 0 Å². The van der Waals surface area contributed by atoms with Crippen molar-refractivity contribution in [1.82, 2.24) is 20.2 Å². The molecule has 7 nitrogen and oxygen atoms in total. The second-order valence-corrected chi connectivity index (χ2v) is 9.67. The standard InChI is InChI=1S/C23H24ClF5N4O3/c1-22(2,3)36-21(35)30-14(9-12-8-13(25)4-5-16(12)26)10-18(34)33-7-6-15-17(11-33)31-20(23(27,28)29)32-19(15)24/h4-5,8,14H,6-7,9-11H2,1-3H3,(H,30,35)/t14-/m1/s1. The molecule has 1 aliphatic heterocycles. The Bertz CT molecular complexity index is 1150. The van der Waals surface area contributed by atoms with Crippen molar-refractivity contribution in [1.29, 1.82) is 0 Å². The van der Waals surface area contributed by atoms with Gasteiger partial charge in [-0.1, -0.05) is 11.6 Å². The van der Waals surface area contributed by atoms with Crippen LogP contribution in [0.1, 0.15) is 49.8 Å². The Morgan fingerprint density at radius 3 is 2.53 bits per heavy atom. The molecule has 196 valence electrons. The number of hydrogen-bond donors (Lipinski definition) is 1. The second-order valence-electron chi connectivity index (χ2n) is 9.31. The molecule has 0 bridgehead atoms. The first-order valence-electron chi connectivity index (χ1n) is 11.0. The van der Waals surface area contributed by atoms with Crippen LogP contribution in [0.15, 0.2) is 18.2 Å². The van der Waals surface area contributed by atoms with Gasteiger partial charge in [0, 0.05) is 24.6 Å². The van der Waals surface area contributed by atoms with E-state index in [0.717, 1.165) is 18.2 Å². The first-order valence-corrected chi connectivity index (χ1v) is 11.3. The second kappa shape index (κ2) is 10.5. The first kappa shape index (κ1) is 27.6. The zero-order valence-electron chi connectivity index (χ0n) is 19.7. The molecule has 1 atom stereocenters. The van der Waals surface area contributed by atoms with Crippen molar-refractivity contribution < 1.29 is 36.3 Å². The molecular formula is C23H24ClF5N4O3. The van der Waals surface area contributed by atoms with E-state index in [1.165, 1.54) is 4.90 Å². The van der Waals surface area contributed by atoms with Crippen LogP contribution in [-0.4, -0.2) is 45.1 Å². The van der Waals surface area contributed by atoms with E-state index in [0.29, 0.717) is 5.56 Å². The quantitative estimate of drug-likeness (QED) is 0.438. The summed E-state index contributed by atoms with van der Waals surface area (Å²) in [4.78, 5) is 33.5. The molecule has 0 saturated heterocycles. The third-order valence-corrected chi connectivity index (χ3v) is 5.55. The summed E-state index contributed by atoms with van der Waals surface area (Å²) in [7, 11) is 0. The summed E-state index contributed by atoms with van der Waals surface area (Å²) in [6.45, 7) is 4.76. The number of nitrogens with one attached hydrogen (secondary N) is 1. The van der Waals surface area contributed by atoms with Gasteiger partial charge in [-0.3, -0.25) is 4.79 Å². The summed E-state index contributed by atoms with van der Waals surface area (Å²) in [5, 5.41) is 2.17. The minimum absolute atomic E-state index is 0.0326. The van der Waals surface area contributed by atoms with Crippen LogP contribution < -0.4 is 5.32 Å². The molecule has 2 heterocycles. The third kappa shape index (κ3) is 7.25. The fourth-order valence-corrected chi connectivity index (χ4v) is 3.96. The van der Waals surface area contributed by atoms with Crippen molar-refractivity contribution in [2.75, 3.05) is 6.54 Å². The molecule has 0 spiro atoms. The van der Waals surface area contributed by atoms with Crippen LogP contribution in [0.25, 0.3) is 0 Å². The number of rotatable bonds is 5. The van der Waals surface area contributed by atoms with Crippen molar-refractivity contribution in [2.24, 2.45) is 0 Å². The number of nitrogens with zero attached hydrogens (tertiary/aromatic N) is 3. The minimum Gasteiger partial charge on any atom is -0.444 e. The van der Waals surface area contributed by atoms with E-state index in [2.05, 4.69) is 15.3 Å². The highest BCUT2D eigenvalue weighted by atomic mass is 35.5. The Morgan fingerprint density at radius 2 is 1.89 bits per heavy atom. The number of ether oxygens (including phenoxy) is 1. The maximum Gasteiger partial charge on any atom is 0.451 e. The molecule has 0 aliphatic carbocycles. The molecule has 1 aromatic carbocycles. The molecule has 1 N–H and O–H groups in total. The Hall–Kier alpha value is -3.02. The Labute approximate surface area is 209 Å². The van der Waals surface area contributed by atoms with E-state index in [4.69, 9.17) is 16.3 Å². The van der Waals surface area contributed by atoms with Gasteiger partial charge in [0.05, 0.1) is 12.2 Å². The zero-order valence-corrected chi connectivity index (χ0v) is 20.4. The van der Waals surface area contributed by atoms with Crippen LogP contribution in [0.2, 0.25) is 5.15 Å². The van der Waals surface area contributed by atoms with Gasteiger partial charge < -0.3 is 15.0 Å². The van der Waals surface area contributed by atoms with Crippen molar-refractivity contribution in [3.8, 4) is 0 Å². The van der Waals surface area contributed by atoms with Crippen LogP contribution in [0, 0.1) is 11.6 Å². The number of amides is 2.